The van der Waals surface area contributed by atoms with Gasteiger partial charge in [0.2, 0.25) is 11.8 Å². The molecule has 1 unspecified atom stereocenters. The minimum absolute atomic E-state index is 0.166. The van der Waals surface area contributed by atoms with Crippen LogP contribution < -0.4 is 10.6 Å². The molecule has 3 amide bonds. The monoisotopic (exact) mass is 487 g/mol. The predicted molar refractivity (Wildman–Crippen MR) is 132 cm³/mol. The molecule has 0 radical (unpaired) electrons. The van der Waals surface area contributed by atoms with E-state index >= 15 is 0 Å². The molecule has 0 bridgehead atoms. The van der Waals surface area contributed by atoms with E-state index in [1.54, 1.807) is 18.2 Å². The Morgan fingerprint density at radius 2 is 1.69 bits per heavy atom. The Morgan fingerprint density at radius 1 is 1.06 bits per heavy atom. The highest BCUT2D eigenvalue weighted by Gasteiger charge is 2.34. The standard InChI is InChI=1S/C26H37N3O6/c1-29(21-15-16-22(31)28-25(21)34)26(35)24-19(18-30)12-11-13-20(24)27-17-10-8-6-4-2-3-5-7-9-14-23(32)33/h11-13,18,21,27H,2-10,14-17H2,1H3,(H,32,33)(H,28,31,34). The van der Waals surface area contributed by atoms with Crippen molar-refractivity contribution in [2.24, 2.45) is 0 Å². The molecule has 3 N–H and O–H groups in total. The zero-order valence-corrected chi connectivity index (χ0v) is 20.5. The van der Waals surface area contributed by atoms with E-state index < -0.39 is 23.8 Å². The fraction of sp³-hybridized carbons (Fsp3) is 0.577. The minimum Gasteiger partial charge on any atom is -0.481 e. The number of aldehydes is 1. The van der Waals surface area contributed by atoms with Gasteiger partial charge in [0.25, 0.3) is 5.91 Å². The second-order valence-electron chi connectivity index (χ2n) is 9.02. The van der Waals surface area contributed by atoms with Gasteiger partial charge in [0.15, 0.2) is 6.29 Å². The van der Waals surface area contributed by atoms with Crippen molar-refractivity contribution in [2.75, 3.05) is 18.9 Å². The molecule has 1 aliphatic heterocycles. The molecular formula is C26H37N3O6. The molecule has 0 spiro atoms. The summed E-state index contributed by atoms with van der Waals surface area (Å²) in [6.07, 6.45) is 10.6. The number of unbranched alkanes of at least 4 members (excludes halogenated alkanes) is 8. The lowest BCUT2D eigenvalue weighted by atomic mass is 10.0. The van der Waals surface area contributed by atoms with Crippen LogP contribution in [0.15, 0.2) is 18.2 Å². The highest BCUT2D eigenvalue weighted by molar-refractivity contribution is 6.08. The third kappa shape index (κ3) is 9.15. The van der Waals surface area contributed by atoms with Gasteiger partial charge in [-0.1, -0.05) is 57.1 Å². The second-order valence-corrected chi connectivity index (χ2v) is 9.02. The zero-order chi connectivity index (χ0) is 25.6. The summed E-state index contributed by atoms with van der Waals surface area (Å²) in [4.78, 5) is 60.3. The molecule has 1 heterocycles. The van der Waals surface area contributed by atoms with Gasteiger partial charge in [0.1, 0.15) is 6.04 Å². The van der Waals surface area contributed by atoms with Gasteiger partial charge in [0, 0.05) is 37.7 Å². The van der Waals surface area contributed by atoms with Crippen LogP contribution in [0.5, 0.6) is 0 Å². The normalized spacial score (nSPS) is 15.4. The average molecular weight is 488 g/mol. The number of likely N-dealkylation sites (N-methyl/N-ethyl adjacent to an activating group) is 1. The number of carbonyl (C=O) groups is 5. The largest absolute Gasteiger partial charge is 0.481 e. The van der Waals surface area contributed by atoms with Gasteiger partial charge in [-0.3, -0.25) is 29.3 Å². The van der Waals surface area contributed by atoms with Gasteiger partial charge in [-0.05, 0) is 25.3 Å². The smallest absolute Gasteiger partial charge is 0.303 e. The molecule has 1 saturated heterocycles. The van der Waals surface area contributed by atoms with Crippen LogP contribution in [-0.2, 0) is 14.4 Å². The first-order chi connectivity index (χ1) is 16.8. The van der Waals surface area contributed by atoms with E-state index in [-0.39, 0.29) is 36.3 Å². The average Bonchev–Trinajstić information content (AvgIpc) is 2.83. The van der Waals surface area contributed by atoms with Crippen molar-refractivity contribution >= 4 is 35.7 Å². The van der Waals surface area contributed by atoms with Crippen molar-refractivity contribution in [1.82, 2.24) is 10.2 Å². The summed E-state index contributed by atoms with van der Waals surface area (Å²) in [5, 5.41) is 14.2. The number of hydrogen-bond donors (Lipinski definition) is 3. The molecule has 192 valence electrons. The summed E-state index contributed by atoms with van der Waals surface area (Å²) >= 11 is 0. The summed E-state index contributed by atoms with van der Waals surface area (Å²) in [7, 11) is 1.51. The number of aliphatic carboxylic acids is 1. The molecule has 1 aromatic rings. The first-order valence-corrected chi connectivity index (χ1v) is 12.5. The molecule has 0 aliphatic carbocycles. The minimum atomic E-state index is -0.759. The summed E-state index contributed by atoms with van der Waals surface area (Å²) in [5.41, 5.74) is 1.04. The molecule has 1 aliphatic rings. The lowest BCUT2D eigenvalue weighted by Crippen LogP contribution is -2.53. The van der Waals surface area contributed by atoms with Crippen molar-refractivity contribution < 1.29 is 29.1 Å². The maximum Gasteiger partial charge on any atom is 0.303 e. The SMILES string of the molecule is CN(C(=O)c1c(C=O)cccc1NCCCCCCCCCCCC(=O)O)C1CCC(=O)NC1=O. The van der Waals surface area contributed by atoms with E-state index in [4.69, 9.17) is 5.11 Å². The summed E-state index contributed by atoms with van der Waals surface area (Å²) in [5.74, 6) is -2.02. The van der Waals surface area contributed by atoms with Crippen LogP contribution in [0.1, 0.15) is 97.8 Å². The maximum absolute atomic E-state index is 13.2. The molecule has 0 saturated carbocycles. The molecule has 9 nitrogen and oxygen atoms in total. The third-order valence-electron chi connectivity index (χ3n) is 6.32. The Hall–Kier alpha value is -3.23. The van der Waals surface area contributed by atoms with Gasteiger partial charge in [-0.25, -0.2) is 0 Å². The van der Waals surface area contributed by atoms with E-state index in [1.165, 1.54) is 11.9 Å². The van der Waals surface area contributed by atoms with Crippen LogP contribution in [0.3, 0.4) is 0 Å². The number of carboxylic acid groups (broad SMARTS) is 1. The summed E-state index contributed by atoms with van der Waals surface area (Å²) in [6.45, 7) is 0.653. The third-order valence-corrected chi connectivity index (χ3v) is 6.32. The number of rotatable bonds is 16. The predicted octanol–water partition coefficient (Wildman–Crippen LogP) is 3.77. The first kappa shape index (κ1) is 28.0. The Labute approximate surface area is 206 Å². The summed E-state index contributed by atoms with van der Waals surface area (Å²) in [6, 6.07) is 4.28. The van der Waals surface area contributed by atoms with Crippen molar-refractivity contribution in [3.05, 3.63) is 29.3 Å². The van der Waals surface area contributed by atoms with E-state index in [2.05, 4.69) is 10.6 Å². The van der Waals surface area contributed by atoms with E-state index in [9.17, 15) is 24.0 Å². The Kier molecular flexibility index (Phi) is 11.9. The van der Waals surface area contributed by atoms with Gasteiger partial charge < -0.3 is 15.3 Å². The molecule has 9 heteroatoms. The Bertz CT molecular complexity index is 901. The van der Waals surface area contributed by atoms with Crippen LogP contribution in [0.4, 0.5) is 5.69 Å². The Morgan fingerprint density at radius 3 is 2.29 bits per heavy atom. The molecule has 1 atom stereocenters. The van der Waals surface area contributed by atoms with Crippen LogP contribution in [0.25, 0.3) is 0 Å². The van der Waals surface area contributed by atoms with Crippen molar-refractivity contribution in [3.8, 4) is 0 Å². The number of piperidine rings is 1. The van der Waals surface area contributed by atoms with Crippen molar-refractivity contribution in [2.45, 2.75) is 83.1 Å². The van der Waals surface area contributed by atoms with Crippen molar-refractivity contribution in [3.63, 3.8) is 0 Å². The highest BCUT2D eigenvalue weighted by atomic mass is 16.4. The molecule has 0 aromatic heterocycles. The number of amides is 3. The zero-order valence-electron chi connectivity index (χ0n) is 20.5. The second kappa shape index (κ2) is 14.9. The van der Waals surface area contributed by atoms with Crippen LogP contribution >= 0.6 is 0 Å². The summed E-state index contributed by atoms with van der Waals surface area (Å²) < 4.78 is 0. The maximum atomic E-state index is 13.2. The number of nitrogens with zero attached hydrogens (tertiary/aromatic N) is 1. The van der Waals surface area contributed by atoms with Gasteiger partial charge in [-0.15, -0.1) is 0 Å². The number of carbonyl (C=O) groups excluding carboxylic acids is 4. The van der Waals surface area contributed by atoms with Crippen LogP contribution in [0, 0.1) is 0 Å². The van der Waals surface area contributed by atoms with Crippen LogP contribution in [-0.4, -0.2) is 59.6 Å². The van der Waals surface area contributed by atoms with Crippen molar-refractivity contribution in [1.29, 1.82) is 0 Å². The van der Waals surface area contributed by atoms with E-state index in [0.29, 0.717) is 18.5 Å². The first-order valence-electron chi connectivity index (χ1n) is 12.5. The number of benzene rings is 1. The number of imide groups is 1. The lowest BCUT2D eigenvalue weighted by Gasteiger charge is -2.30. The number of hydrogen-bond acceptors (Lipinski definition) is 6. The number of carboxylic acids is 1. The number of anilines is 1. The molecule has 1 fully saturated rings. The molecule has 35 heavy (non-hydrogen) atoms. The number of nitrogens with one attached hydrogen (secondary N) is 2. The molecular weight excluding hydrogens is 450 g/mol. The van der Waals surface area contributed by atoms with E-state index in [1.807, 2.05) is 0 Å². The fourth-order valence-electron chi connectivity index (χ4n) is 4.29. The fourth-order valence-corrected chi connectivity index (χ4v) is 4.29. The molecule has 1 aromatic carbocycles. The lowest BCUT2D eigenvalue weighted by molar-refractivity contribution is -0.138. The van der Waals surface area contributed by atoms with Crippen LogP contribution in [0.2, 0.25) is 0 Å². The van der Waals surface area contributed by atoms with Gasteiger partial charge in [0.05, 0.1) is 5.56 Å². The van der Waals surface area contributed by atoms with Gasteiger partial charge >= 0.3 is 5.97 Å². The molecule has 2 rings (SSSR count). The highest BCUT2D eigenvalue weighted by Crippen LogP contribution is 2.23. The topological polar surface area (TPSA) is 133 Å². The quantitative estimate of drug-likeness (QED) is 0.184. The van der Waals surface area contributed by atoms with Gasteiger partial charge in [-0.2, -0.15) is 0 Å². The Balaban J connectivity index is 1.79. The van der Waals surface area contributed by atoms with E-state index in [0.717, 1.165) is 57.8 Å².